The van der Waals surface area contributed by atoms with Crippen molar-refractivity contribution in [3.63, 3.8) is 0 Å². The summed E-state index contributed by atoms with van der Waals surface area (Å²) in [4.78, 5) is 0. The van der Waals surface area contributed by atoms with Gasteiger partial charge in [-0.05, 0) is 35.4 Å². The smallest absolute Gasteiger partial charge is 0.161 e. The Labute approximate surface area is 123 Å². The maximum Gasteiger partial charge on any atom is 0.161 e. The summed E-state index contributed by atoms with van der Waals surface area (Å²) >= 11 is 0. The zero-order valence-corrected chi connectivity index (χ0v) is 12.0. The summed E-state index contributed by atoms with van der Waals surface area (Å²) in [5.41, 5.74) is 1.23. The number of ether oxygens (including phenoxy) is 4. The van der Waals surface area contributed by atoms with Gasteiger partial charge in [-0.1, -0.05) is 18.2 Å². The van der Waals surface area contributed by atoms with Gasteiger partial charge < -0.3 is 18.9 Å². The van der Waals surface area contributed by atoms with E-state index in [1.807, 2.05) is 6.07 Å². The van der Waals surface area contributed by atoms with Crippen LogP contribution in [-0.2, 0) is 9.47 Å². The zero-order valence-electron chi connectivity index (χ0n) is 12.0. The van der Waals surface area contributed by atoms with E-state index in [1.165, 1.54) is 10.9 Å². The van der Waals surface area contributed by atoms with E-state index in [0.29, 0.717) is 13.2 Å². The van der Waals surface area contributed by atoms with Gasteiger partial charge in [0.25, 0.3) is 0 Å². The number of hydrogen-bond acceptors (Lipinski definition) is 4. The number of aryl methyl sites for hydroxylation is 1. The topological polar surface area (TPSA) is 43.5 Å². The van der Waals surface area contributed by atoms with Crippen molar-refractivity contribution >= 4 is 10.8 Å². The van der Waals surface area contributed by atoms with Crippen molar-refractivity contribution in [1.29, 1.82) is 0 Å². The van der Waals surface area contributed by atoms with Crippen molar-refractivity contribution < 1.29 is 18.9 Å². The van der Waals surface area contributed by atoms with Crippen LogP contribution in [-0.4, -0.2) is 38.6 Å². The van der Waals surface area contributed by atoms with Crippen LogP contribution in [0.5, 0.6) is 11.5 Å². The van der Waals surface area contributed by atoms with E-state index in [2.05, 4.69) is 31.2 Å². The maximum absolute atomic E-state index is 5.89. The normalized spacial score (nSPS) is 23.1. The van der Waals surface area contributed by atoms with Gasteiger partial charge in [-0.25, -0.2) is 0 Å². The Bertz CT molecular complexity index is 659. The molecule has 2 aliphatic rings. The molecule has 0 radical (unpaired) electrons. The molecular weight excluding hydrogens is 268 g/mol. The SMILES string of the molecule is Cc1cccc2cc(OCC3CO3)c(OCC3CO3)cc12. The minimum absolute atomic E-state index is 0.234. The van der Waals surface area contributed by atoms with Crippen LogP contribution in [0.3, 0.4) is 0 Å². The van der Waals surface area contributed by atoms with Crippen molar-refractivity contribution in [3.8, 4) is 11.5 Å². The standard InChI is InChI=1S/C17H18O4/c1-11-3-2-4-12-5-16(20-9-13-7-18-13)17(6-15(11)12)21-10-14-8-19-14/h2-6,13-14H,7-10H2,1H3. The fourth-order valence-corrected chi connectivity index (χ4v) is 2.36. The monoisotopic (exact) mass is 286 g/mol. The Morgan fingerprint density at radius 2 is 1.62 bits per heavy atom. The predicted molar refractivity (Wildman–Crippen MR) is 79.2 cm³/mol. The molecule has 0 amide bonds. The van der Waals surface area contributed by atoms with Crippen molar-refractivity contribution in [2.24, 2.45) is 0 Å². The Balaban J connectivity index is 1.65. The first-order valence-corrected chi connectivity index (χ1v) is 7.32. The third kappa shape index (κ3) is 2.96. The summed E-state index contributed by atoms with van der Waals surface area (Å²) in [5.74, 6) is 1.57. The van der Waals surface area contributed by atoms with Gasteiger partial charge in [0.1, 0.15) is 25.4 Å². The van der Waals surface area contributed by atoms with E-state index in [-0.39, 0.29) is 12.2 Å². The van der Waals surface area contributed by atoms with Gasteiger partial charge in [0, 0.05) is 0 Å². The van der Waals surface area contributed by atoms with E-state index in [0.717, 1.165) is 30.1 Å². The van der Waals surface area contributed by atoms with Crippen LogP contribution < -0.4 is 9.47 Å². The third-order valence-corrected chi connectivity index (χ3v) is 3.82. The van der Waals surface area contributed by atoms with Gasteiger partial charge in [-0.15, -0.1) is 0 Å². The summed E-state index contributed by atoms with van der Waals surface area (Å²) in [6, 6.07) is 10.4. The van der Waals surface area contributed by atoms with E-state index >= 15 is 0 Å². The Hall–Kier alpha value is -1.78. The Morgan fingerprint density at radius 1 is 1.00 bits per heavy atom. The first-order valence-electron chi connectivity index (χ1n) is 7.32. The predicted octanol–water partition coefficient (Wildman–Crippen LogP) is 2.70. The summed E-state index contributed by atoms with van der Waals surface area (Å²) in [6.07, 6.45) is 0.468. The minimum Gasteiger partial charge on any atom is -0.487 e. The van der Waals surface area contributed by atoms with E-state index < -0.39 is 0 Å². The molecule has 2 aliphatic heterocycles. The molecular formula is C17H18O4. The summed E-state index contributed by atoms with van der Waals surface area (Å²) < 4.78 is 22.2. The number of benzene rings is 2. The highest BCUT2D eigenvalue weighted by Gasteiger charge is 2.26. The second-order valence-electron chi connectivity index (χ2n) is 5.63. The molecule has 2 aromatic carbocycles. The number of fused-ring (bicyclic) bond motifs is 1. The van der Waals surface area contributed by atoms with Crippen LogP contribution in [0.2, 0.25) is 0 Å². The number of epoxide rings is 2. The molecule has 21 heavy (non-hydrogen) atoms. The minimum atomic E-state index is 0.234. The van der Waals surface area contributed by atoms with Gasteiger partial charge in [0.15, 0.2) is 11.5 Å². The first-order chi connectivity index (χ1) is 10.3. The lowest BCUT2D eigenvalue weighted by Gasteiger charge is -2.14. The molecule has 2 unspecified atom stereocenters. The molecule has 0 bridgehead atoms. The van der Waals surface area contributed by atoms with Crippen LogP contribution in [0.1, 0.15) is 5.56 Å². The molecule has 0 aromatic heterocycles. The maximum atomic E-state index is 5.89. The molecule has 0 spiro atoms. The van der Waals surface area contributed by atoms with E-state index in [4.69, 9.17) is 18.9 Å². The average Bonchev–Trinajstić information content (AvgIpc) is 3.37. The van der Waals surface area contributed by atoms with Gasteiger partial charge in [-0.3, -0.25) is 0 Å². The quantitative estimate of drug-likeness (QED) is 0.766. The average molecular weight is 286 g/mol. The molecule has 2 heterocycles. The molecule has 4 nitrogen and oxygen atoms in total. The fraction of sp³-hybridized carbons (Fsp3) is 0.412. The van der Waals surface area contributed by atoms with E-state index in [9.17, 15) is 0 Å². The summed E-state index contributed by atoms with van der Waals surface area (Å²) in [5, 5.41) is 2.36. The Kier molecular flexibility index (Phi) is 3.20. The van der Waals surface area contributed by atoms with Gasteiger partial charge in [0.05, 0.1) is 13.2 Å². The molecule has 4 heteroatoms. The van der Waals surface area contributed by atoms with Gasteiger partial charge >= 0.3 is 0 Å². The molecule has 2 saturated heterocycles. The molecule has 2 atom stereocenters. The summed E-state index contributed by atoms with van der Waals surface area (Å²) in [6.45, 7) is 4.84. The van der Waals surface area contributed by atoms with Crippen molar-refractivity contribution in [3.05, 3.63) is 35.9 Å². The molecule has 0 saturated carbocycles. The summed E-state index contributed by atoms with van der Waals surface area (Å²) in [7, 11) is 0. The number of hydrogen-bond donors (Lipinski definition) is 0. The molecule has 4 rings (SSSR count). The lowest BCUT2D eigenvalue weighted by Crippen LogP contribution is -2.08. The highest BCUT2D eigenvalue weighted by Crippen LogP contribution is 2.35. The number of rotatable bonds is 6. The lowest BCUT2D eigenvalue weighted by atomic mass is 10.0. The lowest BCUT2D eigenvalue weighted by molar-refractivity contribution is 0.228. The molecule has 110 valence electrons. The van der Waals surface area contributed by atoms with Crippen LogP contribution in [0.25, 0.3) is 10.8 Å². The Morgan fingerprint density at radius 3 is 2.24 bits per heavy atom. The first kappa shape index (κ1) is 12.9. The second kappa shape index (κ2) is 5.20. The molecule has 2 aromatic rings. The van der Waals surface area contributed by atoms with Crippen LogP contribution in [0.15, 0.2) is 30.3 Å². The van der Waals surface area contributed by atoms with Crippen LogP contribution >= 0.6 is 0 Å². The van der Waals surface area contributed by atoms with E-state index in [1.54, 1.807) is 0 Å². The molecule has 0 aliphatic carbocycles. The second-order valence-corrected chi connectivity index (χ2v) is 5.63. The third-order valence-electron chi connectivity index (χ3n) is 3.82. The van der Waals surface area contributed by atoms with Crippen LogP contribution in [0.4, 0.5) is 0 Å². The zero-order chi connectivity index (χ0) is 14.2. The van der Waals surface area contributed by atoms with Crippen molar-refractivity contribution in [1.82, 2.24) is 0 Å². The highest BCUT2D eigenvalue weighted by molar-refractivity contribution is 5.88. The van der Waals surface area contributed by atoms with Crippen molar-refractivity contribution in [2.75, 3.05) is 26.4 Å². The largest absolute Gasteiger partial charge is 0.487 e. The molecule has 0 N–H and O–H groups in total. The molecule has 2 fully saturated rings. The van der Waals surface area contributed by atoms with Crippen LogP contribution in [0, 0.1) is 6.92 Å². The highest BCUT2D eigenvalue weighted by atomic mass is 16.6. The fourth-order valence-electron chi connectivity index (χ4n) is 2.36. The van der Waals surface area contributed by atoms with Crippen molar-refractivity contribution in [2.45, 2.75) is 19.1 Å². The van der Waals surface area contributed by atoms with Gasteiger partial charge in [-0.2, -0.15) is 0 Å². The van der Waals surface area contributed by atoms with Gasteiger partial charge in [0.2, 0.25) is 0 Å².